The second-order valence-electron chi connectivity index (χ2n) is 4.57. The van der Waals surface area contributed by atoms with Gasteiger partial charge in [0.2, 0.25) is 11.8 Å². The van der Waals surface area contributed by atoms with Gasteiger partial charge in [0, 0.05) is 31.1 Å². The number of rotatable bonds is 5. The summed E-state index contributed by atoms with van der Waals surface area (Å²) in [5, 5.41) is 0. The van der Waals surface area contributed by atoms with E-state index in [0.717, 1.165) is 0 Å². The second kappa shape index (κ2) is 6.22. The highest BCUT2D eigenvalue weighted by Gasteiger charge is 2.24. The van der Waals surface area contributed by atoms with Crippen LogP contribution in [-0.4, -0.2) is 29.9 Å². The molecule has 0 spiro atoms. The molecule has 0 saturated carbocycles. The van der Waals surface area contributed by atoms with Gasteiger partial charge in [0.1, 0.15) is 5.75 Å². The lowest BCUT2D eigenvalue weighted by Gasteiger charge is -2.24. The third kappa shape index (κ3) is 3.71. The van der Waals surface area contributed by atoms with Crippen molar-refractivity contribution in [3.05, 3.63) is 24.3 Å². The first-order valence-corrected chi connectivity index (χ1v) is 6.48. The highest BCUT2D eigenvalue weighted by Crippen LogP contribution is 2.15. The third-order valence-corrected chi connectivity index (χ3v) is 3.04. The Balaban J connectivity index is 1.74. The van der Waals surface area contributed by atoms with Gasteiger partial charge in [-0.25, -0.2) is 0 Å². The Labute approximate surface area is 112 Å². The smallest absolute Gasteiger partial charge is 0.229 e. The number of piperidine rings is 1. The van der Waals surface area contributed by atoms with Crippen molar-refractivity contribution in [1.29, 1.82) is 0 Å². The first-order valence-electron chi connectivity index (χ1n) is 6.48. The van der Waals surface area contributed by atoms with E-state index in [1.807, 2.05) is 12.1 Å². The zero-order valence-corrected chi connectivity index (χ0v) is 10.8. The van der Waals surface area contributed by atoms with Gasteiger partial charge in [-0.2, -0.15) is 0 Å². The molecule has 0 aromatic heterocycles. The molecule has 2 amide bonds. The minimum absolute atomic E-state index is 0.0693. The van der Waals surface area contributed by atoms with Crippen LogP contribution in [0.5, 0.6) is 5.75 Å². The van der Waals surface area contributed by atoms with Crippen LogP contribution in [0.4, 0.5) is 5.69 Å². The monoisotopic (exact) mass is 262 g/mol. The van der Waals surface area contributed by atoms with E-state index in [1.165, 1.54) is 4.90 Å². The maximum Gasteiger partial charge on any atom is 0.229 e. The molecule has 1 heterocycles. The molecule has 102 valence electrons. The Morgan fingerprint density at radius 3 is 2.63 bits per heavy atom. The second-order valence-corrected chi connectivity index (χ2v) is 4.57. The Bertz CT molecular complexity index is 458. The van der Waals surface area contributed by atoms with Crippen LogP contribution in [0, 0.1) is 0 Å². The van der Waals surface area contributed by atoms with Crippen LogP contribution in [0.3, 0.4) is 0 Å². The first kappa shape index (κ1) is 13.4. The number of amides is 2. The predicted molar refractivity (Wildman–Crippen MR) is 71.5 cm³/mol. The molecule has 0 radical (unpaired) electrons. The lowest BCUT2D eigenvalue weighted by molar-refractivity contribution is -0.148. The Kier molecular flexibility index (Phi) is 4.39. The molecule has 5 nitrogen and oxygen atoms in total. The average molecular weight is 262 g/mol. The van der Waals surface area contributed by atoms with Crippen LogP contribution in [-0.2, 0) is 9.59 Å². The zero-order valence-electron chi connectivity index (χ0n) is 10.8. The van der Waals surface area contributed by atoms with Gasteiger partial charge in [-0.05, 0) is 25.0 Å². The van der Waals surface area contributed by atoms with Crippen molar-refractivity contribution in [3.63, 3.8) is 0 Å². The fourth-order valence-corrected chi connectivity index (χ4v) is 2.07. The SMILES string of the molecule is Nc1cccc(OCCCN2C(=O)CCCC2=O)c1. The molecule has 0 bridgehead atoms. The minimum Gasteiger partial charge on any atom is -0.493 e. The summed E-state index contributed by atoms with van der Waals surface area (Å²) in [5.74, 6) is 0.566. The molecule has 5 heteroatoms. The van der Waals surface area contributed by atoms with Crippen molar-refractivity contribution < 1.29 is 14.3 Å². The van der Waals surface area contributed by atoms with E-state index >= 15 is 0 Å². The summed E-state index contributed by atoms with van der Waals surface area (Å²) < 4.78 is 5.52. The standard InChI is InChI=1S/C14H18N2O3/c15-11-4-1-5-12(10-11)19-9-3-8-16-13(17)6-2-7-14(16)18/h1,4-5,10H,2-3,6-9,15H2. The molecule has 2 N–H and O–H groups in total. The summed E-state index contributed by atoms with van der Waals surface area (Å²) in [5.41, 5.74) is 6.29. The van der Waals surface area contributed by atoms with Crippen LogP contribution in [0.2, 0.25) is 0 Å². The first-order chi connectivity index (χ1) is 9.16. The molecule has 0 atom stereocenters. The Morgan fingerprint density at radius 1 is 1.21 bits per heavy atom. The fourth-order valence-electron chi connectivity index (χ4n) is 2.07. The summed E-state index contributed by atoms with van der Waals surface area (Å²) in [4.78, 5) is 24.5. The number of nitrogen functional groups attached to an aromatic ring is 1. The minimum atomic E-state index is -0.0693. The molecule has 1 aromatic rings. The van der Waals surface area contributed by atoms with Crippen molar-refractivity contribution in [2.24, 2.45) is 0 Å². The van der Waals surface area contributed by atoms with Gasteiger partial charge in [-0.1, -0.05) is 6.07 Å². The molecular weight excluding hydrogens is 244 g/mol. The van der Waals surface area contributed by atoms with E-state index in [-0.39, 0.29) is 11.8 Å². The summed E-state index contributed by atoms with van der Waals surface area (Å²) in [7, 11) is 0. The van der Waals surface area contributed by atoms with Crippen molar-refractivity contribution in [1.82, 2.24) is 4.90 Å². The van der Waals surface area contributed by atoms with Gasteiger partial charge in [0.05, 0.1) is 6.61 Å². The molecule has 1 aliphatic rings. The van der Waals surface area contributed by atoms with Crippen LogP contribution in [0.15, 0.2) is 24.3 Å². The third-order valence-electron chi connectivity index (χ3n) is 3.04. The number of carbonyl (C=O) groups is 2. The lowest BCUT2D eigenvalue weighted by Crippen LogP contribution is -2.41. The van der Waals surface area contributed by atoms with Crippen molar-refractivity contribution in [2.45, 2.75) is 25.7 Å². The zero-order chi connectivity index (χ0) is 13.7. The van der Waals surface area contributed by atoms with E-state index in [4.69, 9.17) is 10.5 Å². The lowest BCUT2D eigenvalue weighted by atomic mass is 10.1. The molecule has 1 aromatic carbocycles. The molecule has 0 aliphatic carbocycles. The largest absolute Gasteiger partial charge is 0.493 e. The van der Waals surface area contributed by atoms with Gasteiger partial charge in [0.15, 0.2) is 0 Å². The highest BCUT2D eigenvalue weighted by molar-refractivity contribution is 5.97. The molecule has 1 saturated heterocycles. The summed E-state index contributed by atoms with van der Waals surface area (Å²) in [6.07, 6.45) is 2.25. The molecule has 0 unspecified atom stereocenters. The van der Waals surface area contributed by atoms with Crippen LogP contribution < -0.4 is 10.5 Å². The van der Waals surface area contributed by atoms with Gasteiger partial charge in [-0.15, -0.1) is 0 Å². The van der Waals surface area contributed by atoms with Gasteiger partial charge in [0.25, 0.3) is 0 Å². The predicted octanol–water partition coefficient (Wildman–Crippen LogP) is 1.58. The number of likely N-dealkylation sites (tertiary alicyclic amines) is 1. The Morgan fingerprint density at radius 2 is 1.95 bits per heavy atom. The van der Waals surface area contributed by atoms with E-state index in [1.54, 1.807) is 12.1 Å². The van der Waals surface area contributed by atoms with Crippen molar-refractivity contribution in [3.8, 4) is 5.75 Å². The molecule has 2 rings (SSSR count). The number of hydrogen-bond donors (Lipinski definition) is 1. The number of carbonyl (C=O) groups excluding carboxylic acids is 2. The topological polar surface area (TPSA) is 72.6 Å². The highest BCUT2D eigenvalue weighted by atomic mass is 16.5. The number of nitrogens with two attached hydrogens (primary N) is 1. The summed E-state index contributed by atoms with van der Waals surface area (Å²) >= 11 is 0. The molecule has 1 aliphatic heterocycles. The maximum absolute atomic E-state index is 11.6. The van der Waals surface area contributed by atoms with Crippen LogP contribution in [0.25, 0.3) is 0 Å². The fraction of sp³-hybridized carbons (Fsp3) is 0.429. The van der Waals surface area contributed by atoms with Gasteiger partial charge >= 0.3 is 0 Å². The number of imide groups is 1. The van der Waals surface area contributed by atoms with Crippen molar-refractivity contribution in [2.75, 3.05) is 18.9 Å². The van der Waals surface area contributed by atoms with Crippen molar-refractivity contribution >= 4 is 17.5 Å². The quantitative estimate of drug-likeness (QED) is 0.496. The van der Waals surface area contributed by atoms with E-state index in [0.29, 0.717) is 50.3 Å². The van der Waals surface area contributed by atoms with E-state index in [2.05, 4.69) is 0 Å². The molecule has 1 fully saturated rings. The maximum atomic E-state index is 11.6. The van der Waals surface area contributed by atoms with Gasteiger partial charge < -0.3 is 10.5 Å². The average Bonchev–Trinajstić information content (AvgIpc) is 2.37. The number of ether oxygens (including phenoxy) is 1. The summed E-state index contributed by atoms with van der Waals surface area (Å²) in [6.45, 7) is 0.889. The van der Waals surface area contributed by atoms with Crippen LogP contribution in [0.1, 0.15) is 25.7 Å². The Hall–Kier alpha value is -2.04. The van der Waals surface area contributed by atoms with E-state index in [9.17, 15) is 9.59 Å². The normalized spacial score (nSPS) is 15.7. The van der Waals surface area contributed by atoms with E-state index < -0.39 is 0 Å². The molecule has 19 heavy (non-hydrogen) atoms. The number of anilines is 1. The number of hydrogen-bond acceptors (Lipinski definition) is 4. The molecular formula is C14H18N2O3. The van der Waals surface area contributed by atoms with Gasteiger partial charge in [-0.3, -0.25) is 14.5 Å². The number of nitrogens with zero attached hydrogens (tertiary/aromatic N) is 1. The summed E-state index contributed by atoms with van der Waals surface area (Å²) in [6, 6.07) is 7.19. The number of benzene rings is 1. The van der Waals surface area contributed by atoms with Crippen LogP contribution >= 0.6 is 0 Å².